The molecular formula is C25H24N2O8. The average molecular weight is 480 g/mol. The van der Waals surface area contributed by atoms with E-state index >= 15 is 0 Å². The van der Waals surface area contributed by atoms with Gasteiger partial charge in [-0.3, -0.25) is 14.9 Å². The van der Waals surface area contributed by atoms with Crippen LogP contribution >= 0.6 is 0 Å². The first-order chi connectivity index (χ1) is 16.7. The van der Waals surface area contributed by atoms with Crippen molar-refractivity contribution in [3.63, 3.8) is 0 Å². The average Bonchev–Trinajstić information content (AvgIpc) is 2.86. The van der Waals surface area contributed by atoms with Gasteiger partial charge in [0.1, 0.15) is 5.75 Å². The van der Waals surface area contributed by atoms with Crippen LogP contribution in [0.3, 0.4) is 0 Å². The molecule has 0 spiro atoms. The van der Waals surface area contributed by atoms with Gasteiger partial charge in [0, 0.05) is 29.1 Å². The Morgan fingerprint density at radius 1 is 0.971 bits per heavy atom. The number of hydrogen-bond donors (Lipinski definition) is 1. The molecule has 0 unspecified atom stereocenters. The monoisotopic (exact) mass is 480 g/mol. The minimum absolute atomic E-state index is 0.0408. The molecule has 0 bridgehead atoms. The second kappa shape index (κ2) is 10.6. The van der Waals surface area contributed by atoms with Gasteiger partial charge in [-0.1, -0.05) is 12.1 Å². The maximum atomic E-state index is 13.2. The molecule has 1 heterocycles. The van der Waals surface area contributed by atoms with E-state index in [4.69, 9.17) is 14.2 Å². The topological polar surface area (TPSA) is 134 Å². The lowest BCUT2D eigenvalue weighted by molar-refractivity contribution is -0.384. The summed E-state index contributed by atoms with van der Waals surface area (Å²) < 4.78 is 15.3. The Kier molecular flexibility index (Phi) is 7.65. The van der Waals surface area contributed by atoms with Crippen molar-refractivity contribution < 1.29 is 33.5 Å². The number of nitro groups is 1. The normalized spacial score (nSPS) is 15.3. The van der Waals surface area contributed by atoms with Crippen molar-refractivity contribution in [2.75, 3.05) is 20.8 Å². The molecule has 0 saturated heterocycles. The highest BCUT2D eigenvalue weighted by Crippen LogP contribution is 2.40. The zero-order chi connectivity index (χ0) is 25.7. The molecule has 2 aromatic rings. The predicted octanol–water partition coefficient (Wildman–Crippen LogP) is 3.44. The number of Topliss-reactive ketones (excluding diaryl/α,β-unsaturated/α-hetero) is 1. The Hall–Kier alpha value is -4.47. The lowest BCUT2D eigenvalue weighted by atomic mass is 9.80. The lowest BCUT2D eigenvalue weighted by Crippen LogP contribution is -2.32. The molecule has 0 amide bonds. The highest BCUT2D eigenvalue weighted by molar-refractivity contribution is 6.02. The molecule has 182 valence electrons. The van der Waals surface area contributed by atoms with Crippen molar-refractivity contribution in [2.24, 2.45) is 0 Å². The molecule has 35 heavy (non-hydrogen) atoms. The first kappa shape index (κ1) is 25.2. The van der Waals surface area contributed by atoms with Crippen LogP contribution in [-0.2, 0) is 19.1 Å². The Bertz CT molecular complexity index is 1240. The third-order valence-electron chi connectivity index (χ3n) is 5.55. The summed E-state index contributed by atoms with van der Waals surface area (Å²) in [7, 11) is 2.70. The van der Waals surface area contributed by atoms with Crippen LogP contribution in [0.5, 0.6) is 5.75 Å². The van der Waals surface area contributed by atoms with Crippen molar-refractivity contribution in [3.05, 3.63) is 92.3 Å². The smallest absolute Gasteiger partial charge is 0.337 e. The molecule has 0 aliphatic carbocycles. The molecule has 1 atom stereocenters. The number of ether oxygens (including phenoxy) is 3. The number of dihydropyridines is 1. The first-order valence-corrected chi connectivity index (χ1v) is 10.5. The number of ketones is 1. The van der Waals surface area contributed by atoms with Gasteiger partial charge in [0.05, 0.1) is 36.2 Å². The number of nitro benzene ring substituents is 1. The Morgan fingerprint density at radius 3 is 2.17 bits per heavy atom. The molecule has 3 rings (SSSR count). The number of methoxy groups -OCH3 is 2. The van der Waals surface area contributed by atoms with E-state index in [1.807, 2.05) is 0 Å². The highest BCUT2D eigenvalue weighted by atomic mass is 16.6. The quantitative estimate of drug-likeness (QED) is 0.261. The summed E-state index contributed by atoms with van der Waals surface area (Å²) in [5.41, 5.74) is 1.40. The van der Waals surface area contributed by atoms with Gasteiger partial charge >= 0.3 is 11.9 Å². The van der Waals surface area contributed by atoms with Crippen LogP contribution in [0, 0.1) is 10.1 Å². The van der Waals surface area contributed by atoms with Gasteiger partial charge in [0.2, 0.25) is 0 Å². The molecule has 10 nitrogen and oxygen atoms in total. The summed E-state index contributed by atoms with van der Waals surface area (Å²) in [6, 6.07) is 12.0. The number of allylic oxidation sites excluding steroid dienone is 2. The van der Waals surface area contributed by atoms with E-state index in [2.05, 4.69) is 5.32 Å². The molecule has 0 aromatic heterocycles. The van der Waals surface area contributed by atoms with Gasteiger partial charge in [0.25, 0.3) is 5.69 Å². The summed E-state index contributed by atoms with van der Waals surface area (Å²) in [6.45, 7) is 2.71. The third-order valence-corrected chi connectivity index (χ3v) is 5.55. The molecule has 0 radical (unpaired) electrons. The van der Waals surface area contributed by atoms with Crippen LogP contribution in [0.15, 0.2) is 71.1 Å². The number of carbonyl (C=O) groups is 3. The van der Waals surface area contributed by atoms with Crippen molar-refractivity contribution in [2.45, 2.75) is 19.8 Å². The molecule has 10 heteroatoms. The van der Waals surface area contributed by atoms with Gasteiger partial charge in [0.15, 0.2) is 12.4 Å². The fourth-order valence-corrected chi connectivity index (χ4v) is 3.87. The highest BCUT2D eigenvalue weighted by Gasteiger charge is 2.38. The molecule has 1 aliphatic heterocycles. The number of carbonyl (C=O) groups excluding carboxylic acids is 3. The summed E-state index contributed by atoms with van der Waals surface area (Å²) in [6.07, 6.45) is 0. The minimum Gasteiger partial charge on any atom is -0.497 e. The Balaban J connectivity index is 1.95. The maximum absolute atomic E-state index is 13.2. The lowest BCUT2D eigenvalue weighted by Gasteiger charge is -2.30. The van der Waals surface area contributed by atoms with E-state index in [0.29, 0.717) is 28.3 Å². The number of nitrogens with zero attached hydrogens (tertiary/aromatic N) is 1. The molecule has 1 N–H and O–H groups in total. The summed E-state index contributed by atoms with van der Waals surface area (Å²) >= 11 is 0. The van der Waals surface area contributed by atoms with E-state index in [-0.39, 0.29) is 16.8 Å². The van der Waals surface area contributed by atoms with Gasteiger partial charge < -0.3 is 19.5 Å². The molecular weight excluding hydrogens is 456 g/mol. The van der Waals surface area contributed by atoms with E-state index in [9.17, 15) is 24.5 Å². The zero-order valence-electron chi connectivity index (χ0n) is 19.6. The van der Waals surface area contributed by atoms with Crippen LogP contribution in [0.4, 0.5) is 5.69 Å². The molecule has 1 aliphatic rings. The van der Waals surface area contributed by atoms with E-state index in [0.717, 1.165) is 0 Å². The van der Waals surface area contributed by atoms with Crippen LogP contribution in [0.25, 0.3) is 0 Å². The van der Waals surface area contributed by atoms with Crippen LogP contribution in [-0.4, -0.2) is 43.5 Å². The Labute approximate surface area is 201 Å². The number of rotatable bonds is 8. The second-order valence-corrected chi connectivity index (χ2v) is 7.71. The van der Waals surface area contributed by atoms with E-state index in [1.165, 1.54) is 32.4 Å². The van der Waals surface area contributed by atoms with Gasteiger partial charge in [-0.25, -0.2) is 9.59 Å². The van der Waals surface area contributed by atoms with Crippen LogP contribution in [0.2, 0.25) is 0 Å². The van der Waals surface area contributed by atoms with Crippen LogP contribution < -0.4 is 10.1 Å². The number of hydrogen-bond acceptors (Lipinski definition) is 9. The standard InChI is InChI=1S/C25H24N2O8/c1-14-21(24(29)34-4)23(17-6-5-7-18(12-17)27(31)32)22(15(2)26-14)25(30)35-13-20(28)16-8-10-19(33-3)11-9-16/h5-12,23,26H,13H2,1-4H3/t23-/m1/s1. The number of esters is 2. The fourth-order valence-electron chi connectivity index (χ4n) is 3.87. The minimum atomic E-state index is -1.01. The van der Waals surface area contributed by atoms with E-state index < -0.39 is 35.2 Å². The second-order valence-electron chi connectivity index (χ2n) is 7.71. The van der Waals surface area contributed by atoms with Crippen LogP contribution in [0.1, 0.15) is 35.7 Å². The predicted molar refractivity (Wildman–Crippen MR) is 125 cm³/mol. The summed E-state index contributed by atoms with van der Waals surface area (Å²) in [5, 5.41) is 14.3. The number of non-ortho nitro benzene ring substituents is 1. The van der Waals surface area contributed by atoms with Crippen molar-refractivity contribution in [3.8, 4) is 5.75 Å². The largest absolute Gasteiger partial charge is 0.497 e. The first-order valence-electron chi connectivity index (χ1n) is 10.5. The SMILES string of the molecule is COC(=O)C1=C(C)NC(C)=C(C(=O)OCC(=O)c2ccc(OC)cc2)[C@@H]1c1cccc([N+](=O)[O-])c1. The van der Waals surface area contributed by atoms with Crippen molar-refractivity contribution in [1.29, 1.82) is 0 Å². The Morgan fingerprint density at radius 2 is 1.60 bits per heavy atom. The molecule has 0 saturated carbocycles. The fraction of sp³-hybridized carbons (Fsp3) is 0.240. The number of nitrogens with one attached hydrogen (secondary N) is 1. The molecule has 0 fully saturated rings. The van der Waals surface area contributed by atoms with Crippen molar-refractivity contribution in [1.82, 2.24) is 5.32 Å². The molecule has 2 aromatic carbocycles. The van der Waals surface area contributed by atoms with Gasteiger partial charge in [-0.2, -0.15) is 0 Å². The van der Waals surface area contributed by atoms with Crippen molar-refractivity contribution >= 4 is 23.4 Å². The van der Waals surface area contributed by atoms with Gasteiger partial charge in [-0.05, 0) is 43.7 Å². The summed E-state index contributed by atoms with van der Waals surface area (Å²) in [5.74, 6) is -2.42. The third kappa shape index (κ3) is 5.37. The van der Waals surface area contributed by atoms with Gasteiger partial charge in [-0.15, -0.1) is 0 Å². The zero-order valence-corrected chi connectivity index (χ0v) is 19.6. The van der Waals surface area contributed by atoms with E-state index in [1.54, 1.807) is 44.2 Å². The maximum Gasteiger partial charge on any atom is 0.337 e. The number of benzene rings is 2. The summed E-state index contributed by atoms with van der Waals surface area (Å²) in [4.78, 5) is 49.2.